The number of benzene rings is 2. The fraction of sp³-hybridized carbons (Fsp3) is 0. The average molecular weight is 381 g/mol. The molecular weight excluding hydrogens is 366 g/mol. The Labute approximate surface area is 159 Å². The van der Waals surface area contributed by atoms with Crippen molar-refractivity contribution < 1.29 is 29.7 Å². The lowest BCUT2D eigenvalue weighted by Crippen LogP contribution is -1.93. The molecule has 3 N–H and O–H groups in total. The van der Waals surface area contributed by atoms with Crippen molar-refractivity contribution in [3.8, 4) is 0 Å². The molecule has 0 saturated heterocycles. The fourth-order valence-corrected chi connectivity index (χ4v) is 1.78. The van der Waals surface area contributed by atoms with Gasteiger partial charge in [-0.2, -0.15) is 0 Å². The van der Waals surface area contributed by atoms with Gasteiger partial charge in [0.05, 0.1) is 5.56 Å². The van der Waals surface area contributed by atoms with Crippen molar-refractivity contribution in [3.63, 3.8) is 0 Å². The van der Waals surface area contributed by atoms with Crippen molar-refractivity contribution in [2.75, 3.05) is 0 Å². The number of hydrogen-bond donors (Lipinski definition) is 3. The van der Waals surface area contributed by atoms with Gasteiger partial charge in [0.1, 0.15) is 0 Å². The Kier molecular flexibility index (Phi) is 8.75. The molecule has 0 spiro atoms. The molecule has 2 rings (SSSR count). The van der Waals surface area contributed by atoms with Crippen molar-refractivity contribution >= 4 is 35.7 Å². The van der Waals surface area contributed by atoms with E-state index < -0.39 is 17.9 Å². The molecule has 9 heteroatoms. The number of azide groups is 1. The summed E-state index contributed by atoms with van der Waals surface area (Å²) in [5.41, 5.74) is 10.1. The molecule has 0 aliphatic carbocycles. The molecule has 2 aromatic carbocycles. The molecule has 0 radical (unpaired) electrons. The largest absolute Gasteiger partial charge is 0.478 e. The quantitative estimate of drug-likeness (QED) is 0.294. The minimum absolute atomic E-state index is 0.173. The predicted molar refractivity (Wildman–Crippen MR) is 102 cm³/mol. The smallest absolute Gasteiger partial charge is 0.335 e. The van der Waals surface area contributed by atoms with Crippen LogP contribution in [-0.4, -0.2) is 33.2 Å². The average Bonchev–Trinajstić information content (AvgIpc) is 2.66. The van der Waals surface area contributed by atoms with Gasteiger partial charge in [-0.25, -0.2) is 14.4 Å². The van der Waals surface area contributed by atoms with Crippen molar-refractivity contribution in [1.82, 2.24) is 0 Å². The van der Waals surface area contributed by atoms with Crippen LogP contribution in [0.25, 0.3) is 22.6 Å². The number of carboxylic acids is 3. The number of rotatable bonds is 6. The first-order valence-corrected chi connectivity index (χ1v) is 7.62. The summed E-state index contributed by atoms with van der Waals surface area (Å²) in [6.07, 6.45) is 5.02. The van der Waals surface area contributed by atoms with Gasteiger partial charge in [-0.3, -0.25) is 0 Å². The summed E-state index contributed by atoms with van der Waals surface area (Å²) in [5, 5.41) is 28.6. The van der Waals surface area contributed by atoms with Crippen LogP contribution in [0.4, 0.5) is 5.69 Å². The molecule has 0 aliphatic heterocycles. The Morgan fingerprint density at radius 1 is 0.786 bits per heavy atom. The van der Waals surface area contributed by atoms with E-state index >= 15 is 0 Å². The van der Waals surface area contributed by atoms with Gasteiger partial charge in [0.25, 0.3) is 0 Å². The highest BCUT2D eigenvalue weighted by molar-refractivity contribution is 5.88. The van der Waals surface area contributed by atoms with Gasteiger partial charge in [0.15, 0.2) is 0 Å². The van der Waals surface area contributed by atoms with E-state index in [0.29, 0.717) is 5.69 Å². The van der Waals surface area contributed by atoms with E-state index in [2.05, 4.69) is 10.0 Å². The number of nitrogens with zero attached hydrogens (tertiary/aromatic N) is 3. The van der Waals surface area contributed by atoms with Gasteiger partial charge >= 0.3 is 17.9 Å². The molecule has 0 unspecified atom stereocenters. The Hall–Kier alpha value is -4.36. The maximum Gasteiger partial charge on any atom is 0.335 e. The van der Waals surface area contributed by atoms with Crippen LogP contribution in [0.1, 0.15) is 21.5 Å². The summed E-state index contributed by atoms with van der Waals surface area (Å²) in [6, 6.07) is 12.5. The summed E-state index contributed by atoms with van der Waals surface area (Å²) < 4.78 is 0. The molecule has 0 amide bonds. The van der Waals surface area contributed by atoms with Crippen LogP contribution in [0.3, 0.4) is 0 Å². The molecule has 142 valence electrons. The molecule has 0 heterocycles. The highest BCUT2D eigenvalue weighted by Crippen LogP contribution is 2.12. The predicted octanol–water partition coefficient (Wildman–Crippen LogP) is 4.21. The maximum absolute atomic E-state index is 10.4. The van der Waals surface area contributed by atoms with Crippen LogP contribution < -0.4 is 0 Å². The van der Waals surface area contributed by atoms with E-state index in [4.69, 9.17) is 20.9 Å². The lowest BCUT2D eigenvalue weighted by molar-refractivity contribution is -0.132. The summed E-state index contributed by atoms with van der Waals surface area (Å²) in [5.74, 6) is -3.01. The lowest BCUT2D eigenvalue weighted by atomic mass is 10.1. The van der Waals surface area contributed by atoms with E-state index in [0.717, 1.165) is 23.3 Å². The zero-order valence-electron chi connectivity index (χ0n) is 14.3. The van der Waals surface area contributed by atoms with Crippen LogP contribution in [0.2, 0.25) is 0 Å². The number of carboxylic acid groups (broad SMARTS) is 3. The summed E-state index contributed by atoms with van der Waals surface area (Å²) in [6.45, 7) is 0. The number of aromatic carboxylic acids is 1. The molecule has 0 aliphatic rings. The molecule has 0 bridgehead atoms. The minimum Gasteiger partial charge on any atom is -0.478 e. The third kappa shape index (κ3) is 8.65. The lowest BCUT2D eigenvalue weighted by Gasteiger charge is -1.94. The third-order valence-corrected chi connectivity index (χ3v) is 3.05. The zero-order valence-corrected chi connectivity index (χ0v) is 14.3. The standard InChI is InChI=1S/C12H10O4.C7H5N3O2/c13-11(14)7-5-9-1-2-10(4-3-9)6-8-12(15)16;8-10-9-6-3-1-5(2-4-6)7(11)12/h1-8H,(H,13,14)(H,15,16);1-4H,(H,11,12). The maximum atomic E-state index is 10.4. The molecule has 0 atom stereocenters. The molecular formula is C19H15N3O6. The highest BCUT2D eigenvalue weighted by Gasteiger charge is 1.99. The second kappa shape index (κ2) is 11.3. The molecule has 2 aromatic rings. The van der Waals surface area contributed by atoms with Crippen molar-refractivity contribution in [1.29, 1.82) is 0 Å². The van der Waals surface area contributed by atoms with E-state index in [1.807, 2.05) is 0 Å². The van der Waals surface area contributed by atoms with Crippen molar-refractivity contribution in [2.24, 2.45) is 5.11 Å². The highest BCUT2D eigenvalue weighted by atomic mass is 16.4. The van der Waals surface area contributed by atoms with Gasteiger partial charge in [0, 0.05) is 22.8 Å². The first kappa shape index (κ1) is 21.7. The third-order valence-electron chi connectivity index (χ3n) is 3.05. The number of carbonyl (C=O) groups is 3. The van der Waals surface area contributed by atoms with E-state index in [9.17, 15) is 14.4 Å². The summed E-state index contributed by atoms with van der Waals surface area (Å²) in [7, 11) is 0. The number of aliphatic carboxylic acids is 2. The van der Waals surface area contributed by atoms with Crippen molar-refractivity contribution in [2.45, 2.75) is 0 Å². The van der Waals surface area contributed by atoms with E-state index in [-0.39, 0.29) is 5.56 Å². The van der Waals surface area contributed by atoms with E-state index in [1.165, 1.54) is 36.4 Å². The van der Waals surface area contributed by atoms with Gasteiger partial charge in [-0.05, 0) is 40.9 Å². The molecule has 9 nitrogen and oxygen atoms in total. The normalized spacial score (nSPS) is 10.0. The first-order chi connectivity index (χ1) is 13.3. The Morgan fingerprint density at radius 3 is 1.54 bits per heavy atom. The monoisotopic (exact) mass is 381 g/mol. The zero-order chi connectivity index (χ0) is 20.9. The topological polar surface area (TPSA) is 161 Å². The van der Waals surface area contributed by atoms with Crippen LogP contribution in [0.5, 0.6) is 0 Å². The van der Waals surface area contributed by atoms with Crippen LogP contribution >= 0.6 is 0 Å². The second-order valence-corrected chi connectivity index (χ2v) is 5.05. The fourth-order valence-electron chi connectivity index (χ4n) is 1.78. The van der Waals surface area contributed by atoms with Gasteiger partial charge in [0.2, 0.25) is 0 Å². The number of hydrogen-bond acceptors (Lipinski definition) is 4. The van der Waals surface area contributed by atoms with E-state index in [1.54, 1.807) is 24.3 Å². The van der Waals surface area contributed by atoms with Gasteiger partial charge in [-0.15, -0.1) is 0 Å². The van der Waals surface area contributed by atoms with Crippen LogP contribution in [0.15, 0.2) is 65.8 Å². The molecule has 28 heavy (non-hydrogen) atoms. The molecule has 0 saturated carbocycles. The SMILES string of the molecule is O=C(O)C=Cc1ccc(C=CC(=O)O)cc1.[N-]=[N+]=Nc1ccc(C(=O)O)cc1. The van der Waals surface area contributed by atoms with Gasteiger partial charge < -0.3 is 15.3 Å². The minimum atomic E-state index is -1.00. The van der Waals surface area contributed by atoms with Gasteiger partial charge in [-0.1, -0.05) is 41.5 Å². The summed E-state index contributed by atoms with van der Waals surface area (Å²) >= 11 is 0. The van der Waals surface area contributed by atoms with Crippen molar-refractivity contribution in [3.05, 3.63) is 87.8 Å². The molecule has 0 aromatic heterocycles. The van der Waals surface area contributed by atoms with Crippen LogP contribution in [0, 0.1) is 0 Å². The summed E-state index contributed by atoms with van der Waals surface area (Å²) in [4.78, 5) is 33.4. The Balaban J connectivity index is 0.000000292. The second-order valence-electron chi connectivity index (χ2n) is 5.05. The first-order valence-electron chi connectivity index (χ1n) is 7.62. The Bertz CT molecular complexity index is 877. The Morgan fingerprint density at radius 2 is 1.21 bits per heavy atom. The van der Waals surface area contributed by atoms with Crippen LogP contribution in [-0.2, 0) is 9.59 Å². The molecule has 0 fully saturated rings.